The molecule has 0 radical (unpaired) electrons. The SMILES string of the molecule is O=C(NCCNc1cc(N2CCOCC2)ncn1)c1ccc([N+](=O)[O-])cc1Cl. The van der Waals surface area contributed by atoms with Crippen molar-refractivity contribution in [1.82, 2.24) is 15.3 Å². The third-order valence-electron chi connectivity index (χ3n) is 4.11. The summed E-state index contributed by atoms with van der Waals surface area (Å²) in [6, 6.07) is 5.58. The first kappa shape index (κ1) is 19.8. The summed E-state index contributed by atoms with van der Waals surface area (Å²) in [6.07, 6.45) is 1.49. The number of rotatable bonds is 7. The maximum atomic E-state index is 12.2. The number of hydrogen-bond donors (Lipinski definition) is 2. The van der Waals surface area contributed by atoms with Gasteiger partial charge in [0, 0.05) is 44.4 Å². The number of ether oxygens (including phenoxy) is 1. The van der Waals surface area contributed by atoms with Crippen molar-refractivity contribution >= 4 is 34.8 Å². The second-order valence-corrected chi connectivity index (χ2v) is 6.37. The van der Waals surface area contributed by atoms with Gasteiger partial charge in [0.25, 0.3) is 11.6 Å². The normalized spacial score (nSPS) is 13.8. The largest absolute Gasteiger partial charge is 0.378 e. The minimum absolute atomic E-state index is 0.0330. The summed E-state index contributed by atoms with van der Waals surface area (Å²) in [6.45, 7) is 3.66. The summed E-state index contributed by atoms with van der Waals surface area (Å²) in [5, 5.41) is 16.6. The van der Waals surface area contributed by atoms with Crippen LogP contribution in [0, 0.1) is 10.1 Å². The van der Waals surface area contributed by atoms with Crippen molar-refractivity contribution in [2.75, 3.05) is 49.6 Å². The standard InChI is InChI=1S/C17H19ClN6O4/c18-14-9-12(24(26)27)1-2-13(14)17(25)20-4-3-19-15-10-16(22-11-21-15)23-5-7-28-8-6-23/h1-2,9-11H,3-8H2,(H,20,25)(H,19,21,22). The van der Waals surface area contributed by atoms with Crippen LogP contribution in [0.4, 0.5) is 17.3 Å². The molecule has 2 N–H and O–H groups in total. The third kappa shape index (κ3) is 5.05. The lowest BCUT2D eigenvalue weighted by Crippen LogP contribution is -2.36. The van der Waals surface area contributed by atoms with Crippen LogP contribution in [0.15, 0.2) is 30.6 Å². The van der Waals surface area contributed by atoms with E-state index in [0.29, 0.717) is 32.1 Å². The number of nitro benzene ring substituents is 1. The van der Waals surface area contributed by atoms with Crippen LogP contribution in [0.5, 0.6) is 0 Å². The summed E-state index contributed by atoms with van der Waals surface area (Å²) in [4.78, 5) is 32.9. The Kier molecular flexibility index (Phi) is 6.56. The summed E-state index contributed by atoms with van der Waals surface area (Å²) in [5.41, 5.74) is 0.0203. The molecule has 3 rings (SSSR count). The maximum Gasteiger partial charge on any atom is 0.270 e. The predicted molar refractivity (Wildman–Crippen MR) is 104 cm³/mol. The Morgan fingerprint density at radius 2 is 2.04 bits per heavy atom. The van der Waals surface area contributed by atoms with E-state index in [1.165, 1.54) is 18.5 Å². The van der Waals surface area contributed by atoms with E-state index in [1.54, 1.807) is 0 Å². The highest BCUT2D eigenvalue weighted by Gasteiger charge is 2.15. The predicted octanol–water partition coefficient (Wildman–Crippen LogP) is 1.72. The van der Waals surface area contributed by atoms with Crippen LogP contribution in [-0.4, -0.2) is 60.2 Å². The fourth-order valence-electron chi connectivity index (χ4n) is 2.67. The molecule has 1 aliphatic heterocycles. The molecular formula is C17H19ClN6O4. The average molecular weight is 407 g/mol. The van der Waals surface area contributed by atoms with Crippen LogP contribution >= 0.6 is 11.6 Å². The summed E-state index contributed by atoms with van der Waals surface area (Å²) in [5.74, 6) is 1.07. The number of nitrogens with zero attached hydrogens (tertiary/aromatic N) is 4. The Labute approximate surface area is 166 Å². The molecule has 0 aliphatic carbocycles. The lowest BCUT2D eigenvalue weighted by molar-refractivity contribution is -0.384. The van der Waals surface area contributed by atoms with Gasteiger partial charge in [0.2, 0.25) is 0 Å². The molecule has 148 valence electrons. The Bertz CT molecular complexity index is 859. The molecule has 1 amide bonds. The van der Waals surface area contributed by atoms with Crippen molar-refractivity contribution < 1.29 is 14.5 Å². The van der Waals surface area contributed by atoms with Crippen molar-refractivity contribution in [2.24, 2.45) is 0 Å². The maximum absolute atomic E-state index is 12.2. The summed E-state index contributed by atoms with van der Waals surface area (Å²) in [7, 11) is 0. The van der Waals surface area contributed by atoms with Crippen LogP contribution in [0.1, 0.15) is 10.4 Å². The second-order valence-electron chi connectivity index (χ2n) is 5.96. The van der Waals surface area contributed by atoms with Crippen LogP contribution in [-0.2, 0) is 4.74 Å². The van der Waals surface area contributed by atoms with Crippen molar-refractivity contribution in [3.05, 3.63) is 51.3 Å². The van der Waals surface area contributed by atoms with Crippen molar-refractivity contribution in [3.63, 3.8) is 0 Å². The number of non-ortho nitro benzene ring substituents is 1. The minimum atomic E-state index is -0.565. The molecule has 0 bridgehead atoms. The zero-order valence-corrected chi connectivity index (χ0v) is 15.7. The summed E-state index contributed by atoms with van der Waals surface area (Å²) >= 11 is 5.96. The highest BCUT2D eigenvalue weighted by Crippen LogP contribution is 2.22. The number of nitrogens with one attached hydrogen (secondary N) is 2. The lowest BCUT2D eigenvalue weighted by atomic mass is 10.2. The number of halogens is 1. The van der Waals surface area contributed by atoms with Gasteiger partial charge in [0.1, 0.15) is 18.0 Å². The van der Waals surface area contributed by atoms with E-state index in [4.69, 9.17) is 16.3 Å². The number of anilines is 2. The Morgan fingerprint density at radius 3 is 2.75 bits per heavy atom. The Hall–Kier alpha value is -2.98. The fourth-order valence-corrected chi connectivity index (χ4v) is 2.93. The van der Waals surface area contributed by atoms with Gasteiger partial charge < -0.3 is 20.3 Å². The molecule has 1 aromatic carbocycles. The molecule has 0 saturated carbocycles. The number of nitro groups is 1. The van der Waals surface area contributed by atoms with Crippen molar-refractivity contribution in [1.29, 1.82) is 0 Å². The summed E-state index contributed by atoms with van der Waals surface area (Å²) < 4.78 is 5.33. The average Bonchev–Trinajstić information content (AvgIpc) is 2.72. The second kappa shape index (κ2) is 9.29. The van der Waals surface area contributed by atoms with Crippen molar-refractivity contribution in [3.8, 4) is 0 Å². The highest BCUT2D eigenvalue weighted by molar-refractivity contribution is 6.34. The smallest absolute Gasteiger partial charge is 0.270 e. The first-order chi connectivity index (χ1) is 13.5. The molecule has 1 saturated heterocycles. The first-order valence-electron chi connectivity index (χ1n) is 8.65. The van der Waals surface area contributed by atoms with Gasteiger partial charge >= 0.3 is 0 Å². The fraction of sp³-hybridized carbons (Fsp3) is 0.353. The van der Waals surface area contributed by atoms with E-state index in [0.717, 1.165) is 25.0 Å². The molecule has 0 atom stereocenters. The third-order valence-corrected chi connectivity index (χ3v) is 4.43. The number of amides is 1. The van der Waals surface area contributed by atoms with E-state index in [9.17, 15) is 14.9 Å². The van der Waals surface area contributed by atoms with Crippen LogP contribution in [0.2, 0.25) is 5.02 Å². The molecule has 1 aliphatic rings. The molecule has 0 unspecified atom stereocenters. The number of carbonyl (C=O) groups is 1. The van der Waals surface area contributed by atoms with Crippen molar-refractivity contribution in [2.45, 2.75) is 0 Å². The molecule has 28 heavy (non-hydrogen) atoms. The van der Waals surface area contributed by atoms with Gasteiger partial charge in [-0.1, -0.05) is 11.6 Å². The van der Waals surface area contributed by atoms with E-state index >= 15 is 0 Å². The van der Waals surface area contributed by atoms with Crippen LogP contribution in [0.3, 0.4) is 0 Å². The zero-order valence-electron chi connectivity index (χ0n) is 14.9. The zero-order chi connectivity index (χ0) is 19.9. The minimum Gasteiger partial charge on any atom is -0.378 e. The lowest BCUT2D eigenvalue weighted by Gasteiger charge is -2.27. The van der Waals surface area contributed by atoms with Gasteiger partial charge in [-0.3, -0.25) is 14.9 Å². The molecule has 0 spiro atoms. The molecule has 10 nitrogen and oxygen atoms in total. The number of benzene rings is 1. The molecule has 1 aromatic heterocycles. The van der Waals surface area contributed by atoms with Gasteiger partial charge in [-0.25, -0.2) is 9.97 Å². The van der Waals surface area contributed by atoms with Crippen LogP contribution in [0.25, 0.3) is 0 Å². The van der Waals surface area contributed by atoms with E-state index in [2.05, 4.69) is 25.5 Å². The number of carbonyl (C=O) groups excluding carboxylic acids is 1. The van der Waals surface area contributed by atoms with Gasteiger partial charge in [-0.2, -0.15) is 0 Å². The number of morpholine rings is 1. The van der Waals surface area contributed by atoms with Crippen LogP contribution < -0.4 is 15.5 Å². The Morgan fingerprint density at radius 1 is 1.25 bits per heavy atom. The quantitative estimate of drug-likeness (QED) is 0.405. The molecule has 1 fully saturated rings. The Balaban J connectivity index is 1.49. The van der Waals surface area contributed by atoms with Gasteiger partial charge in [-0.15, -0.1) is 0 Å². The first-order valence-corrected chi connectivity index (χ1v) is 9.03. The van der Waals surface area contributed by atoms with Gasteiger partial charge in [-0.05, 0) is 6.07 Å². The highest BCUT2D eigenvalue weighted by atomic mass is 35.5. The molecule has 11 heteroatoms. The number of hydrogen-bond acceptors (Lipinski definition) is 8. The number of aromatic nitrogens is 2. The topological polar surface area (TPSA) is 123 Å². The monoisotopic (exact) mass is 406 g/mol. The van der Waals surface area contributed by atoms with E-state index in [1.807, 2.05) is 6.07 Å². The van der Waals surface area contributed by atoms with Gasteiger partial charge in [0.05, 0.1) is 28.7 Å². The van der Waals surface area contributed by atoms with E-state index < -0.39 is 10.8 Å². The van der Waals surface area contributed by atoms with Gasteiger partial charge in [0.15, 0.2) is 0 Å². The van der Waals surface area contributed by atoms with E-state index in [-0.39, 0.29) is 16.3 Å². The molecule has 2 heterocycles. The molecular weight excluding hydrogens is 388 g/mol. The molecule has 2 aromatic rings.